The highest BCUT2D eigenvalue weighted by Crippen LogP contribution is 2.22. The van der Waals surface area contributed by atoms with Gasteiger partial charge in [0.2, 0.25) is 5.91 Å². The first-order valence-electron chi connectivity index (χ1n) is 8.48. The lowest BCUT2D eigenvalue weighted by Crippen LogP contribution is -2.15. The number of amides is 1. The van der Waals surface area contributed by atoms with Crippen LogP contribution < -0.4 is 10.0 Å². The first-order chi connectivity index (χ1) is 13.9. The molecule has 2 aromatic carbocycles. The minimum atomic E-state index is -3.75. The van der Waals surface area contributed by atoms with E-state index in [1.165, 1.54) is 53.9 Å². The van der Waals surface area contributed by atoms with Gasteiger partial charge >= 0.3 is 0 Å². The molecule has 0 radical (unpaired) electrons. The Morgan fingerprint density at radius 3 is 2.69 bits per heavy atom. The van der Waals surface area contributed by atoms with E-state index in [9.17, 15) is 17.6 Å². The summed E-state index contributed by atoms with van der Waals surface area (Å²) in [7, 11) is -3.75. The van der Waals surface area contributed by atoms with Crippen LogP contribution in [0.4, 0.5) is 15.2 Å². The van der Waals surface area contributed by atoms with Crippen LogP contribution in [0, 0.1) is 5.82 Å². The average Bonchev–Trinajstić information content (AvgIpc) is 3.32. The summed E-state index contributed by atoms with van der Waals surface area (Å²) in [6.07, 6.45) is 3.22. The zero-order chi connectivity index (χ0) is 20.4. The Morgan fingerprint density at radius 2 is 1.97 bits per heavy atom. The number of benzene rings is 2. The van der Waals surface area contributed by atoms with E-state index >= 15 is 0 Å². The molecule has 0 spiro atoms. The van der Waals surface area contributed by atoms with Gasteiger partial charge in [0, 0.05) is 34.4 Å². The zero-order valence-electron chi connectivity index (χ0n) is 14.8. The van der Waals surface area contributed by atoms with Gasteiger partial charge in [0.05, 0.1) is 11.3 Å². The molecule has 0 saturated heterocycles. The van der Waals surface area contributed by atoms with Gasteiger partial charge in [0.1, 0.15) is 5.82 Å². The molecule has 0 aliphatic carbocycles. The molecule has 1 amide bonds. The second-order valence-corrected chi connectivity index (χ2v) is 8.77. The number of aromatic nitrogens is 2. The van der Waals surface area contributed by atoms with Gasteiger partial charge < -0.3 is 10.3 Å². The predicted molar refractivity (Wildman–Crippen MR) is 110 cm³/mol. The Balaban J connectivity index is 1.44. The van der Waals surface area contributed by atoms with E-state index < -0.39 is 10.0 Å². The van der Waals surface area contributed by atoms with Gasteiger partial charge in [-0.25, -0.2) is 17.8 Å². The number of thiazole rings is 1. The molecule has 7 nitrogen and oxygen atoms in total. The molecule has 0 bridgehead atoms. The maximum atomic E-state index is 13.5. The maximum Gasteiger partial charge on any atom is 0.263 e. The number of carbonyl (C=O) groups excluding carboxylic acids is 1. The quantitative estimate of drug-likeness (QED) is 0.433. The Bertz CT molecular complexity index is 1270. The van der Waals surface area contributed by atoms with Gasteiger partial charge in [-0.3, -0.25) is 9.52 Å². The first-order valence-corrected chi connectivity index (χ1v) is 10.8. The third-order valence-corrected chi connectivity index (χ3v) is 6.36. The van der Waals surface area contributed by atoms with Gasteiger partial charge in [-0.15, -0.1) is 11.3 Å². The topological polar surface area (TPSA) is 104 Å². The van der Waals surface area contributed by atoms with E-state index in [1.54, 1.807) is 17.6 Å². The van der Waals surface area contributed by atoms with Gasteiger partial charge in [0.25, 0.3) is 10.0 Å². The van der Waals surface area contributed by atoms with Gasteiger partial charge in [-0.2, -0.15) is 0 Å². The molecule has 4 rings (SSSR count). The molecular formula is C19H15FN4O3S2. The van der Waals surface area contributed by atoms with Crippen LogP contribution in [0.25, 0.3) is 10.9 Å². The molecule has 0 aliphatic rings. The van der Waals surface area contributed by atoms with Crippen molar-refractivity contribution in [3.8, 4) is 0 Å². The molecule has 0 saturated carbocycles. The highest BCUT2D eigenvalue weighted by atomic mass is 32.2. The number of sulfonamides is 1. The Morgan fingerprint density at radius 1 is 1.17 bits per heavy atom. The second kappa shape index (κ2) is 7.64. The van der Waals surface area contributed by atoms with E-state index in [4.69, 9.17) is 0 Å². The molecule has 2 aromatic heterocycles. The largest absolute Gasteiger partial charge is 0.361 e. The summed E-state index contributed by atoms with van der Waals surface area (Å²) in [5.74, 6) is -0.673. The normalized spacial score (nSPS) is 11.5. The molecule has 0 fully saturated rings. The smallest absolute Gasteiger partial charge is 0.263 e. The first kappa shape index (κ1) is 19.1. The van der Waals surface area contributed by atoms with E-state index in [-0.39, 0.29) is 28.2 Å². The Hall–Kier alpha value is -3.24. The summed E-state index contributed by atoms with van der Waals surface area (Å²) in [5, 5.41) is 5.30. The number of hydrogen-bond acceptors (Lipinski definition) is 5. The van der Waals surface area contributed by atoms with E-state index in [0.717, 1.165) is 5.52 Å². The second-order valence-electron chi connectivity index (χ2n) is 6.20. The van der Waals surface area contributed by atoms with Crippen LogP contribution in [0.1, 0.15) is 5.56 Å². The standard InChI is InChI=1S/C19H15FN4O3S2/c20-13-1-6-17-16(10-13)12(11-22-17)9-18(25)23-14-2-4-15(5-3-14)29(26,27)24-19-21-7-8-28-19/h1-8,10-11,22H,9H2,(H,21,24)(H,23,25). The number of aromatic amines is 1. The molecule has 4 aromatic rings. The van der Waals surface area contributed by atoms with Gasteiger partial charge in [-0.05, 0) is 48.0 Å². The monoisotopic (exact) mass is 430 g/mol. The third kappa shape index (κ3) is 4.28. The van der Waals surface area contributed by atoms with Crippen molar-refractivity contribution in [2.45, 2.75) is 11.3 Å². The molecule has 29 heavy (non-hydrogen) atoms. The molecule has 3 N–H and O–H groups in total. The molecule has 0 unspecified atom stereocenters. The van der Waals surface area contributed by atoms with Gasteiger partial charge in [0.15, 0.2) is 5.13 Å². The summed E-state index contributed by atoms with van der Waals surface area (Å²) < 4.78 is 40.5. The van der Waals surface area contributed by atoms with Crippen LogP contribution in [-0.4, -0.2) is 24.3 Å². The molecule has 148 valence electrons. The number of anilines is 2. The molecule has 0 atom stereocenters. The third-order valence-electron chi connectivity index (χ3n) is 4.18. The number of halogens is 1. The van der Waals surface area contributed by atoms with Crippen LogP contribution in [-0.2, 0) is 21.2 Å². The van der Waals surface area contributed by atoms with Crippen molar-refractivity contribution in [1.82, 2.24) is 9.97 Å². The van der Waals surface area contributed by atoms with Crippen LogP contribution in [0.3, 0.4) is 0 Å². The zero-order valence-corrected chi connectivity index (χ0v) is 16.5. The highest BCUT2D eigenvalue weighted by Gasteiger charge is 2.16. The number of rotatable bonds is 6. The lowest BCUT2D eigenvalue weighted by atomic mass is 10.1. The van der Waals surface area contributed by atoms with Crippen molar-refractivity contribution in [1.29, 1.82) is 0 Å². The average molecular weight is 430 g/mol. The van der Waals surface area contributed by atoms with Crippen molar-refractivity contribution >= 4 is 49.0 Å². The molecular weight excluding hydrogens is 415 g/mol. The summed E-state index contributed by atoms with van der Waals surface area (Å²) in [4.78, 5) is 19.3. The van der Waals surface area contributed by atoms with E-state index in [0.29, 0.717) is 16.6 Å². The van der Waals surface area contributed by atoms with Crippen molar-refractivity contribution in [2.24, 2.45) is 0 Å². The van der Waals surface area contributed by atoms with Crippen molar-refractivity contribution in [3.63, 3.8) is 0 Å². The van der Waals surface area contributed by atoms with E-state index in [2.05, 4.69) is 20.0 Å². The number of H-pyrrole nitrogens is 1. The number of carbonyl (C=O) groups is 1. The highest BCUT2D eigenvalue weighted by molar-refractivity contribution is 7.93. The minimum Gasteiger partial charge on any atom is -0.361 e. The van der Waals surface area contributed by atoms with Gasteiger partial charge in [-0.1, -0.05) is 0 Å². The van der Waals surface area contributed by atoms with Crippen LogP contribution in [0.5, 0.6) is 0 Å². The number of nitrogens with zero attached hydrogens (tertiary/aromatic N) is 1. The summed E-state index contributed by atoms with van der Waals surface area (Å²) >= 11 is 1.17. The van der Waals surface area contributed by atoms with Crippen molar-refractivity contribution in [2.75, 3.05) is 10.0 Å². The van der Waals surface area contributed by atoms with E-state index in [1.807, 2.05) is 0 Å². The Kier molecular flexibility index (Phi) is 5.03. The molecule has 10 heteroatoms. The van der Waals surface area contributed by atoms with Crippen molar-refractivity contribution in [3.05, 3.63) is 71.6 Å². The predicted octanol–water partition coefficient (Wildman–Crippen LogP) is 3.75. The fourth-order valence-corrected chi connectivity index (χ4v) is 4.63. The Labute approximate surface area is 169 Å². The summed E-state index contributed by atoms with van der Waals surface area (Å²) in [6.45, 7) is 0. The summed E-state index contributed by atoms with van der Waals surface area (Å²) in [6, 6.07) is 10.1. The lowest BCUT2D eigenvalue weighted by molar-refractivity contribution is -0.115. The van der Waals surface area contributed by atoms with Crippen molar-refractivity contribution < 1.29 is 17.6 Å². The maximum absolute atomic E-state index is 13.5. The fraction of sp³-hybridized carbons (Fsp3) is 0.0526. The number of nitrogens with one attached hydrogen (secondary N) is 3. The van der Waals surface area contributed by atoms with Crippen LogP contribution in [0.15, 0.2) is 65.1 Å². The summed E-state index contributed by atoms with van der Waals surface area (Å²) in [5.41, 5.74) is 1.87. The number of hydrogen-bond donors (Lipinski definition) is 3. The fourth-order valence-electron chi connectivity index (χ4n) is 2.84. The minimum absolute atomic E-state index is 0.0507. The SMILES string of the molecule is O=C(Cc1c[nH]c2ccc(F)cc12)Nc1ccc(S(=O)(=O)Nc2nccs2)cc1. The molecule has 2 heterocycles. The number of fused-ring (bicyclic) bond motifs is 1. The lowest BCUT2D eigenvalue weighted by Gasteiger charge is -2.08. The van der Waals surface area contributed by atoms with Crippen LogP contribution >= 0.6 is 11.3 Å². The molecule has 0 aliphatic heterocycles. The van der Waals surface area contributed by atoms with Crippen LogP contribution in [0.2, 0.25) is 0 Å².